The molecular formula is C13H22BrN3O2. The van der Waals surface area contributed by atoms with Gasteiger partial charge in [0.05, 0.1) is 15.9 Å². The van der Waals surface area contributed by atoms with Crippen LogP contribution < -0.4 is 5.32 Å². The molecule has 108 valence electrons. The minimum atomic E-state index is -0.908. The summed E-state index contributed by atoms with van der Waals surface area (Å²) in [5, 5.41) is 16.9. The molecule has 1 heterocycles. The first-order valence-electron chi connectivity index (χ1n) is 6.62. The molecule has 0 spiro atoms. The molecular weight excluding hydrogens is 310 g/mol. The maximum Gasteiger partial charge on any atom is 0.323 e. The molecule has 0 aliphatic heterocycles. The fraction of sp³-hybridized carbons (Fsp3) is 0.692. The lowest BCUT2D eigenvalue weighted by Gasteiger charge is -2.24. The van der Waals surface area contributed by atoms with Crippen LogP contribution in [0.15, 0.2) is 4.47 Å². The highest BCUT2D eigenvalue weighted by atomic mass is 79.9. The zero-order valence-corrected chi connectivity index (χ0v) is 13.5. The normalized spacial score (nSPS) is 14.4. The van der Waals surface area contributed by atoms with E-state index in [2.05, 4.69) is 33.3 Å². The summed E-state index contributed by atoms with van der Waals surface area (Å²) in [5.74, 6) is -0.829. The van der Waals surface area contributed by atoms with Crippen molar-refractivity contribution >= 4 is 21.9 Å². The van der Waals surface area contributed by atoms with Crippen LogP contribution in [-0.2, 0) is 24.3 Å². The van der Waals surface area contributed by atoms with Crippen molar-refractivity contribution in [2.45, 2.75) is 59.2 Å². The number of nitrogens with one attached hydrogen (secondary N) is 1. The van der Waals surface area contributed by atoms with Crippen LogP contribution in [0.3, 0.4) is 0 Å². The van der Waals surface area contributed by atoms with Gasteiger partial charge in [-0.15, -0.1) is 0 Å². The Balaban J connectivity index is 2.94. The summed E-state index contributed by atoms with van der Waals surface area (Å²) in [5.41, 5.74) is 1.10. The van der Waals surface area contributed by atoms with Crippen molar-refractivity contribution in [3.05, 3.63) is 15.9 Å². The summed E-state index contributed by atoms with van der Waals surface area (Å²) in [6.07, 6.45) is 1.38. The molecule has 1 aromatic heterocycles. The van der Waals surface area contributed by atoms with Crippen molar-refractivity contribution in [1.29, 1.82) is 0 Å². The summed E-state index contributed by atoms with van der Waals surface area (Å²) < 4.78 is 2.89. The largest absolute Gasteiger partial charge is 0.480 e. The van der Waals surface area contributed by atoms with Gasteiger partial charge in [-0.05, 0) is 42.6 Å². The van der Waals surface area contributed by atoms with Crippen molar-refractivity contribution < 1.29 is 9.90 Å². The maximum atomic E-state index is 11.3. The smallest absolute Gasteiger partial charge is 0.323 e. The number of aliphatic carboxylic acids is 1. The van der Waals surface area contributed by atoms with Crippen LogP contribution in [0.5, 0.6) is 0 Å². The second kappa shape index (κ2) is 6.52. The van der Waals surface area contributed by atoms with Gasteiger partial charge in [0.25, 0.3) is 0 Å². The molecule has 0 aliphatic carbocycles. The van der Waals surface area contributed by atoms with Crippen LogP contribution in [0.25, 0.3) is 0 Å². The van der Waals surface area contributed by atoms with Crippen LogP contribution in [-0.4, -0.2) is 26.4 Å². The van der Waals surface area contributed by atoms with Gasteiger partial charge in [-0.25, -0.2) is 0 Å². The van der Waals surface area contributed by atoms with E-state index in [0.717, 1.165) is 28.8 Å². The average Bonchev–Trinajstić information content (AvgIpc) is 2.71. The van der Waals surface area contributed by atoms with E-state index in [9.17, 15) is 9.90 Å². The van der Waals surface area contributed by atoms with Crippen molar-refractivity contribution in [2.75, 3.05) is 0 Å². The Kier molecular flexibility index (Phi) is 5.55. The van der Waals surface area contributed by atoms with Gasteiger partial charge in [0.1, 0.15) is 5.54 Å². The highest BCUT2D eigenvalue weighted by Crippen LogP contribution is 2.23. The Morgan fingerprint density at radius 2 is 2.11 bits per heavy atom. The molecule has 0 saturated heterocycles. The van der Waals surface area contributed by atoms with Crippen LogP contribution in [0.4, 0.5) is 0 Å². The molecule has 6 heteroatoms. The summed E-state index contributed by atoms with van der Waals surface area (Å²) >= 11 is 3.56. The quantitative estimate of drug-likeness (QED) is 0.805. The monoisotopic (exact) mass is 331 g/mol. The number of nitrogens with zero attached hydrogens (tertiary/aromatic N) is 2. The molecule has 0 aliphatic rings. The molecule has 0 bridgehead atoms. The molecule has 0 fully saturated rings. The number of aromatic nitrogens is 2. The first-order valence-corrected chi connectivity index (χ1v) is 7.41. The Bertz CT molecular complexity index is 459. The van der Waals surface area contributed by atoms with Crippen LogP contribution in [0.2, 0.25) is 0 Å². The lowest BCUT2D eigenvalue weighted by Crippen LogP contribution is -2.48. The predicted molar refractivity (Wildman–Crippen MR) is 78.2 cm³/mol. The third-order valence-corrected chi connectivity index (χ3v) is 4.43. The van der Waals surface area contributed by atoms with E-state index in [1.54, 1.807) is 6.92 Å². The van der Waals surface area contributed by atoms with E-state index in [1.165, 1.54) is 0 Å². The Morgan fingerprint density at radius 1 is 1.47 bits per heavy atom. The van der Waals surface area contributed by atoms with Crippen molar-refractivity contribution in [2.24, 2.45) is 0 Å². The SMILES string of the molecule is CCc1nn(CC)c(CNC(C)(CC)C(=O)O)c1Br. The molecule has 1 rings (SSSR count). The van der Waals surface area contributed by atoms with E-state index in [1.807, 2.05) is 18.5 Å². The molecule has 19 heavy (non-hydrogen) atoms. The molecule has 1 atom stereocenters. The molecule has 5 nitrogen and oxygen atoms in total. The highest BCUT2D eigenvalue weighted by Gasteiger charge is 2.31. The number of aryl methyl sites for hydroxylation is 2. The Morgan fingerprint density at radius 3 is 2.53 bits per heavy atom. The molecule has 0 aromatic carbocycles. The maximum absolute atomic E-state index is 11.3. The fourth-order valence-corrected chi connectivity index (χ4v) is 2.52. The number of hydrogen-bond acceptors (Lipinski definition) is 3. The first-order chi connectivity index (χ1) is 8.89. The van der Waals surface area contributed by atoms with Gasteiger partial charge >= 0.3 is 5.97 Å². The minimum absolute atomic E-state index is 0.484. The first kappa shape index (κ1) is 16.2. The van der Waals surface area contributed by atoms with Crippen LogP contribution in [0.1, 0.15) is 45.5 Å². The second-order valence-corrected chi connectivity index (χ2v) is 5.51. The summed E-state index contributed by atoms with van der Waals surface area (Å²) in [6.45, 7) is 8.90. The lowest BCUT2D eigenvalue weighted by atomic mass is 9.99. The summed E-state index contributed by atoms with van der Waals surface area (Å²) in [4.78, 5) is 11.3. The minimum Gasteiger partial charge on any atom is -0.480 e. The molecule has 1 aromatic rings. The molecule has 0 radical (unpaired) electrons. The summed E-state index contributed by atoms with van der Waals surface area (Å²) in [6, 6.07) is 0. The number of rotatable bonds is 7. The highest BCUT2D eigenvalue weighted by molar-refractivity contribution is 9.10. The number of carboxylic acid groups (broad SMARTS) is 1. The van der Waals surface area contributed by atoms with Crippen LogP contribution >= 0.6 is 15.9 Å². The third kappa shape index (κ3) is 3.36. The lowest BCUT2D eigenvalue weighted by molar-refractivity contribution is -0.144. The topological polar surface area (TPSA) is 67.2 Å². The van der Waals surface area contributed by atoms with Gasteiger partial charge in [-0.1, -0.05) is 13.8 Å². The van der Waals surface area contributed by atoms with Gasteiger partial charge in [0.2, 0.25) is 0 Å². The fourth-order valence-electron chi connectivity index (χ4n) is 1.82. The Labute approximate surface area is 122 Å². The van der Waals surface area contributed by atoms with Gasteiger partial charge in [-0.2, -0.15) is 5.10 Å². The van der Waals surface area contributed by atoms with Crippen LogP contribution in [0, 0.1) is 0 Å². The van der Waals surface area contributed by atoms with E-state index in [4.69, 9.17) is 0 Å². The Hall–Kier alpha value is -0.880. The molecule has 0 amide bonds. The van der Waals surface area contributed by atoms with E-state index in [-0.39, 0.29) is 0 Å². The van der Waals surface area contributed by atoms with E-state index in [0.29, 0.717) is 13.0 Å². The summed E-state index contributed by atoms with van der Waals surface area (Å²) in [7, 11) is 0. The van der Waals surface area contributed by atoms with Gasteiger partial charge < -0.3 is 5.11 Å². The third-order valence-electron chi connectivity index (χ3n) is 3.52. The van der Waals surface area contributed by atoms with E-state index >= 15 is 0 Å². The van der Waals surface area contributed by atoms with Gasteiger partial charge in [0.15, 0.2) is 0 Å². The number of halogens is 1. The molecule has 2 N–H and O–H groups in total. The average molecular weight is 332 g/mol. The molecule has 0 saturated carbocycles. The standard InChI is InChI=1S/C13H22BrN3O2/c1-5-9-11(14)10(17(7-3)16-9)8-15-13(4,6-2)12(18)19/h15H,5-8H2,1-4H3,(H,18,19). The zero-order valence-electron chi connectivity index (χ0n) is 12.0. The van der Waals surface area contributed by atoms with Gasteiger partial charge in [0, 0.05) is 13.1 Å². The van der Waals surface area contributed by atoms with E-state index < -0.39 is 11.5 Å². The zero-order chi connectivity index (χ0) is 14.6. The predicted octanol–water partition coefficient (Wildman–Crippen LogP) is 2.57. The second-order valence-electron chi connectivity index (χ2n) is 4.72. The van der Waals surface area contributed by atoms with Crippen molar-refractivity contribution in [3.63, 3.8) is 0 Å². The van der Waals surface area contributed by atoms with Gasteiger partial charge in [-0.3, -0.25) is 14.8 Å². The molecule has 1 unspecified atom stereocenters. The van der Waals surface area contributed by atoms with Crippen molar-refractivity contribution in [3.8, 4) is 0 Å². The van der Waals surface area contributed by atoms with Crippen molar-refractivity contribution in [1.82, 2.24) is 15.1 Å². The number of carbonyl (C=O) groups is 1. The number of carboxylic acids is 1. The number of hydrogen-bond donors (Lipinski definition) is 2.